The van der Waals surface area contributed by atoms with Crippen LogP contribution in [0.4, 0.5) is 11.4 Å². The van der Waals surface area contributed by atoms with Crippen LogP contribution in [-0.2, 0) is 14.3 Å². The van der Waals surface area contributed by atoms with Gasteiger partial charge in [0.2, 0.25) is 11.8 Å². The van der Waals surface area contributed by atoms with Crippen molar-refractivity contribution < 1.29 is 23.9 Å². The molecule has 0 aliphatic carbocycles. The fourth-order valence-corrected chi connectivity index (χ4v) is 3.11. The summed E-state index contributed by atoms with van der Waals surface area (Å²) in [6.07, 6.45) is -0.0492. The van der Waals surface area contributed by atoms with Crippen LogP contribution in [0.3, 0.4) is 0 Å². The van der Waals surface area contributed by atoms with Gasteiger partial charge in [0.15, 0.2) is 0 Å². The van der Waals surface area contributed by atoms with Gasteiger partial charge >= 0.3 is 5.97 Å². The van der Waals surface area contributed by atoms with E-state index in [2.05, 4.69) is 5.32 Å². The minimum atomic E-state index is -0.449. The summed E-state index contributed by atoms with van der Waals surface area (Å²) in [7, 11) is 1.58. The Kier molecular flexibility index (Phi) is 6.16. The van der Waals surface area contributed by atoms with E-state index in [9.17, 15) is 14.4 Å². The Balaban J connectivity index is 1.61. The number of carbonyl (C=O) groups is 3. The summed E-state index contributed by atoms with van der Waals surface area (Å²) >= 11 is 0. The van der Waals surface area contributed by atoms with Gasteiger partial charge in [0.25, 0.3) is 0 Å². The lowest BCUT2D eigenvalue weighted by Gasteiger charge is -2.17. The first-order valence-corrected chi connectivity index (χ1v) is 9.43. The molecule has 3 rings (SSSR count). The zero-order chi connectivity index (χ0) is 21.0. The number of esters is 1. The molecule has 29 heavy (non-hydrogen) atoms. The topological polar surface area (TPSA) is 84.9 Å². The van der Waals surface area contributed by atoms with Crippen LogP contribution in [-0.4, -0.2) is 37.5 Å². The molecule has 0 radical (unpaired) electrons. The maximum Gasteiger partial charge on any atom is 0.338 e. The first-order valence-electron chi connectivity index (χ1n) is 9.43. The van der Waals surface area contributed by atoms with Crippen molar-refractivity contribution >= 4 is 29.2 Å². The molecule has 0 aromatic heterocycles. The number of methoxy groups -OCH3 is 1. The van der Waals surface area contributed by atoms with Crippen LogP contribution in [0.15, 0.2) is 48.5 Å². The van der Waals surface area contributed by atoms with Gasteiger partial charge in [-0.15, -0.1) is 0 Å². The Hall–Kier alpha value is -3.35. The number of benzene rings is 2. The second-order valence-corrected chi connectivity index (χ2v) is 7.12. The summed E-state index contributed by atoms with van der Waals surface area (Å²) in [5, 5.41) is 2.81. The highest BCUT2D eigenvalue weighted by molar-refractivity contribution is 6.03. The van der Waals surface area contributed by atoms with Crippen LogP contribution in [0, 0.1) is 5.92 Å². The fourth-order valence-electron chi connectivity index (χ4n) is 3.11. The summed E-state index contributed by atoms with van der Waals surface area (Å²) < 4.78 is 10.3. The molecule has 7 nitrogen and oxygen atoms in total. The van der Waals surface area contributed by atoms with Gasteiger partial charge in [-0.3, -0.25) is 9.59 Å². The molecule has 7 heteroatoms. The highest BCUT2D eigenvalue weighted by atomic mass is 16.5. The molecule has 2 aromatic rings. The van der Waals surface area contributed by atoms with Crippen LogP contribution in [0.1, 0.15) is 30.6 Å². The van der Waals surface area contributed by atoms with E-state index in [0.29, 0.717) is 23.5 Å². The van der Waals surface area contributed by atoms with Crippen LogP contribution >= 0.6 is 0 Å². The lowest BCUT2D eigenvalue weighted by Crippen LogP contribution is -2.28. The molecule has 0 bridgehead atoms. The normalized spacial score (nSPS) is 16.1. The fraction of sp³-hybridized carbons (Fsp3) is 0.318. The minimum Gasteiger partial charge on any atom is -0.497 e. The monoisotopic (exact) mass is 396 g/mol. The molecule has 1 heterocycles. The van der Waals surface area contributed by atoms with E-state index in [0.717, 1.165) is 5.69 Å². The highest BCUT2D eigenvalue weighted by Crippen LogP contribution is 2.27. The number of nitrogens with one attached hydrogen (secondary N) is 1. The zero-order valence-electron chi connectivity index (χ0n) is 16.7. The predicted molar refractivity (Wildman–Crippen MR) is 109 cm³/mol. The molecular weight excluding hydrogens is 372 g/mol. The molecule has 1 unspecified atom stereocenters. The highest BCUT2D eigenvalue weighted by Gasteiger charge is 2.35. The molecule has 2 aromatic carbocycles. The van der Waals surface area contributed by atoms with E-state index in [4.69, 9.17) is 9.47 Å². The molecule has 0 saturated carbocycles. The van der Waals surface area contributed by atoms with Crippen LogP contribution in [0.5, 0.6) is 5.75 Å². The average molecular weight is 396 g/mol. The quantitative estimate of drug-likeness (QED) is 0.758. The lowest BCUT2D eigenvalue weighted by atomic mass is 10.1. The number of anilines is 2. The Morgan fingerprint density at radius 2 is 1.72 bits per heavy atom. The van der Waals surface area contributed by atoms with Crippen LogP contribution in [0.2, 0.25) is 0 Å². The first kappa shape index (κ1) is 20.4. The number of nitrogens with zero attached hydrogens (tertiary/aromatic N) is 1. The third kappa shape index (κ3) is 4.93. The summed E-state index contributed by atoms with van der Waals surface area (Å²) in [5.41, 5.74) is 1.71. The van der Waals surface area contributed by atoms with Gasteiger partial charge in [-0.2, -0.15) is 0 Å². The molecule has 1 aliphatic rings. The predicted octanol–water partition coefficient (Wildman–Crippen LogP) is 3.25. The Bertz CT molecular complexity index is 890. The van der Waals surface area contributed by atoms with Crippen molar-refractivity contribution in [2.24, 2.45) is 5.92 Å². The van der Waals surface area contributed by atoms with Gasteiger partial charge in [-0.25, -0.2) is 4.79 Å². The van der Waals surface area contributed by atoms with Crippen molar-refractivity contribution in [2.45, 2.75) is 26.4 Å². The van der Waals surface area contributed by atoms with E-state index >= 15 is 0 Å². The van der Waals surface area contributed by atoms with Crippen molar-refractivity contribution in [1.29, 1.82) is 0 Å². The molecule has 1 aliphatic heterocycles. The summed E-state index contributed by atoms with van der Waals surface area (Å²) in [4.78, 5) is 38.5. The largest absolute Gasteiger partial charge is 0.497 e. The molecule has 1 fully saturated rings. The second kappa shape index (κ2) is 8.77. The molecular formula is C22H24N2O5. The molecule has 1 N–H and O–H groups in total. The number of hydrogen-bond acceptors (Lipinski definition) is 5. The van der Waals surface area contributed by atoms with E-state index in [1.54, 1.807) is 74.4 Å². The van der Waals surface area contributed by atoms with Gasteiger partial charge < -0.3 is 19.7 Å². The first-order chi connectivity index (χ1) is 13.9. The summed E-state index contributed by atoms with van der Waals surface area (Å²) in [5.74, 6) is -0.478. The lowest BCUT2D eigenvalue weighted by molar-refractivity contribution is -0.122. The maximum atomic E-state index is 12.6. The van der Waals surface area contributed by atoms with Crippen LogP contribution < -0.4 is 15.0 Å². The zero-order valence-corrected chi connectivity index (χ0v) is 16.7. The maximum absolute atomic E-state index is 12.6. The molecule has 152 valence electrons. The number of rotatable bonds is 6. The van der Waals surface area contributed by atoms with Crippen molar-refractivity contribution in [3.05, 3.63) is 54.1 Å². The van der Waals surface area contributed by atoms with Crippen LogP contribution in [0.25, 0.3) is 0 Å². The third-order valence-electron chi connectivity index (χ3n) is 4.61. The number of ether oxygens (including phenoxy) is 2. The summed E-state index contributed by atoms with van der Waals surface area (Å²) in [6.45, 7) is 3.88. The number of amides is 2. The van der Waals surface area contributed by atoms with Crippen molar-refractivity contribution in [1.82, 2.24) is 0 Å². The van der Waals surface area contributed by atoms with Gasteiger partial charge in [0.1, 0.15) is 5.75 Å². The molecule has 2 amide bonds. The molecule has 1 saturated heterocycles. The Labute approximate surface area is 169 Å². The van der Waals surface area contributed by atoms with Gasteiger partial charge in [0, 0.05) is 24.3 Å². The van der Waals surface area contributed by atoms with E-state index in [-0.39, 0.29) is 24.3 Å². The smallest absolute Gasteiger partial charge is 0.338 e. The van der Waals surface area contributed by atoms with E-state index < -0.39 is 11.9 Å². The van der Waals surface area contributed by atoms with Crippen molar-refractivity contribution in [2.75, 3.05) is 23.9 Å². The van der Waals surface area contributed by atoms with Crippen molar-refractivity contribution in [3.63, 3.8) is 0 Å². The van der Waals surface area contributed by atoms with E-state index in [1.165, 1.54) is 0 Å². The Morgan fingerprint density at radius 1 is 1.07 bits per heavy atom. The van der Waals surface area contributed by atoms with E-state index in [1.807, 2.05) is 0 Å². The summed E-state index contributed by atoms with van der Waals surface area (Å²) in [6, 6.07) is 13.6. The number of carbonyl (C=O) groups excluding carboxylic acids is 3. The Morgan fingerprint density at radius 3 is 2.31 bits per heavy atom. The van der Waals surface area contributed by atoms with Crippen molar-refractivity contribution in [3.8, 4) is 5.75 Å². The third-order valence-corrected chi connectivity index (χ3v) is 4.61. The second-order valence-electron chi connectivity index (χ2n) is 7.12. The molecule has 1 atom stereocenters. The minimum absolute atomic E-state index is 0.0953. The SMILES string of the molecule is COc1ccc(N2CC(C(=O)Nc3ccc(C(=O)OC(C)C)cc3)CC2=O)cc1. The standard InChI is InChI=1S/C22H24N2O5/c1-14(2)29-22(27)15-4-6-17(7-5-15)23-21(26)16-12-20(25)24(13-16)18-8-10-19(28-3)11-9-18/h4-11,14,16H,12-13H2,1-3H3,(H,23,26). The van der Waals surface area contributed by atoms with Gasteiger partial charge in [0.05, 0.1) is 24.7 Å². The van der Waals surface area contributed by atoms with Gasteiger partial charge in [-0.1, -0.05) is 0 Å². The molecule has 0 spiro atoms. The number of hydrogen-bond donors (Lipinski definition) is 1. The van der Waals surface area contributed by atoms with Gasteiger partial charge in [-0.05, 0) is 62.4 Å². The average Bonchev–Trinajstić information content (AvgIpc) is 3.10.